The third-order valence-corrected chi connectivity index (χ3v) is 12.4. The molecule has 0 radical (unpaired) electrons. The van der Waals surface area contributed by atoms with Crippen molar-refractivity contribution in [3.05, 3.63) is 52.7 Å². The molecule has 4 aliphatic rings. The molecule has 0 amide bonds. The van der Waals surface area contributed by atoms with Crippen LogP contribution in [-0.2, 0) is 61.8 Å². The summed E-state index contributed by atoms with van der Waals surface area (Å²) in [6.45, 7) is 1.86. The fourth-order valence-corrected chi connectivity index (χ4v) is 8.73. The number of aliphatic hydroxyl groups is 9. The molecule has 0 saturated carbocycles. The number of esters is 3. The van der Waals surface area contributed by atoms with Crippen molar-refractivity contribution < 1.29 is 127 Å². The summed E-state index contributed by atoms with van der Waals surface area (Å²) in [6.07, 6.45) is -36.3. The van der Waals surface area contributed by atoms with E-state index in [1.165, 1.54) is 20.1 Å². The van der Waals surface area contributed by atoms with Crippen molar-refractivity contribution in [1.29, 1.82) is 0 Å². The maximum absolute atomic E-state index is 13.4. The first kappa shape index (κ1) is 55.6. The predicted molar refractivity (Wildman–Crippen MR) is 236 cm³/mol. The topological polar surface area (TPSA) is 394 Å². The third kappa shape index (κ3) is 12.2. The summed E-state index contributed by atoms with van der Waals surface area (Å²) in [6, 6.07) is 9.74. The van der Waals surface area contributed by atoms with Gasteiger partial charge < -0.3 is 112 Å². The van der Waals surface area contributed by atoms with Gasteiger partial charge in [-0.1, -0.05) is 0 Å². The van der Waals surface area contributed by atoms with E-state index >= 15 is 0 Å². The highest BCUT2D eigenvalue weighted by atomic mass is 16.8. The third-order valence-electron chi connectivity index (χ3n) is 12.4. The number of methoxy groups -OCH3 is 1. The first-order valence-corrected chi connectivity index (χ1v) is 22.8. The number of carbonyl (C=O) groups excluding carboxylic acids is 3. The minimum absolute atomic E-state index is 0.0526. The summed E-state index contributed by atoms with van der Waals surface area (Å²) < 4.78 is 75.1. The summed E-state index contributed by atoms with van der Waals surface area (Å²) in [7, 11) is 1.46. The Morgan fingerprint density at radius 1 is 0.575 bits per heavy atom. The van der Waals surface area contributed by atoms with Crippen molar-refractivity contribution >= 4 is 28.9 Å². The van der Waals surface area contributed by atoms with E-state index in [9.17, 15) is 70.2 Å². The van der Waals surface area contributed by atoms with Gasteiger partial charge >= 0.3 is 17.9 Å². The van der Waals surface area contributed by atoms with Crippen molar-refractivity contribution in [2.45, 2.75) is 151 Å². The van der Waals surface area contributed by atoms with E-state index in [0.717, 1.165) is 32.9 Å². The Balaban J connectivity index is 1.27. The SMILES string of the molecule is COc1ccc(-c2cc(=O)c3c(O)cc(OC4OC(COC5OC(C)C(OC(C)=O)C(O)C5OC(C)=O)C(O)C(OC(C)=O)C4OC4OC(CO)C(O)C(O)C4OC4OC(CO)C(O)C(O)C4O)cc3o2)cc1. The van der Waals surface area contributed by atoms with Crippen molar-refractivity contribution in [1.82, 2.24) is 0 Å². The van der Waals surface area contributed by atoms with Gasteiger partial charge in [0, 0.05) is 44.5 Å². The van der Waals surface area contributed by atoms with Crippen LogP contribution < -0.4 is 14.9 Å². The lowest BCUT2D eigenvalue weighted by Crippen LogP contribution is -2.67. The number of fused-ring (bicyclic) bond motifs is 1. The van der Waals surface area contributed by atoms with E-state index in [1.54, 1.807) is 24.3 Å². The van der Waals surface area contributed by atoms with E-state index in [4.69, 9.17) is 61.3 Å². The zero-order valence-electron chi connectivity index (χ0n) is 39.6. The Hall–Kier alpha value is -5.18. The second-order valence-electron chi connectivity index (χ2n) is 17.5. The van der Waals surface area contributed by atoms with Crippen molar-refractivity contribution in [3.8, 4) is 28.6 Å². The Kier molecular flexibility index (Phi) is 17.9. The number of aromatic hydroxyl groups is 1. The van der Waals surface area contributed by atoms with E-state index in [0.29, 0.717) is 11.3 Å². The molecular formula is C46H58O27. The van der Waals surface area contributed by atoms with Crippen LogP contribution in [0, 0.1) is 0 Å². The largest absolute Gasteiger partial charge is 0.507 e. The van der Waals surface area contributed by atoms with Crippen LogP contribution in [0.3, 0.4) is 0 Å². The quantitative estimate of drug-likeness (QED) is 0.0493. The molecule has 27 heteroatoms. The van der Waals surface area contributed by atoms with Crippen molar-refractivity contribution in [2.24, 2.45) is 0 Å². The molecule has 73 heavy (non-hydrogen) atoms. The number of carbonyl (C=O) groups is 3. The maximum Gasteiger partial charge on any atom is 0.303 e. The molecule has 2 aromatic carbocycles. The van der Waals surface area contributed by atoms with Gasteiger partial charge in [-0.2, -0.15) is 0 Å². The molecule has 5 heterocycles. The van der Waals surface area contributed by atoms with Gasteiger partial charge in [0.15, 0.2) is 48.7 Å². The number of hydrogen-bond donors (Lipinski definition) is 10. The summed E-state index contributed by atoms with van der Waals surface area (Å²) in [5, 5.41) is 108. The van der Waals surface area contributed by atoms with E-state index in [-0.39, 0.29) is 22.5 Å². The molecule has 404 valence electrons. The number of rotatable bonds is 16. The summed E-state index contributed by atoms with van der Waals surface area (Å²) in [4.78, 5) is 50.4. The molecule has 4 fully saturated rings. The summed E-state index contributed by atoms with van der Waals surface area (Å²) in [5.41, 5.74) is -0.467. The maximum atomic E-state index is 13.4. The Morgan fingerprint density at radius 2 is 1.15 bits per heavy atom. The van der Waals surface area contributed by atoms with Crippen LogP contribution in [0.4, 0.5) is 0 Å². The lowest BCUT2D eigenvalue weighted by molar-refractivity contribution is -0.390. The highest BCUT2D eigenvalue weighted by molar-refractivity contribution is 5.86. The Morgan fingerprint density at radius 3 is 1.77 bits per heavy atom. The van der Waals surface area contributed by atoms with Crippen molar-refractivity contribution in [2.75, 3.05) is 26.9 Å². The number of ether oxygens (including phenoxy) is 12. The number of phenols is 1. The molecule has 4 saturated heterocycles. The van der Waals surface area contributed by atoms with E-state index in [1.807, 2.05) is 0 Å². The van der Waals surface area contributed by atoms with Crippen LogP contribution in [0.15, 0.2) is 51.7 Å². The molecule has 10 N–H and O–H groups in total. The molecule has 0 aliphatic carbocycles. The van der Waals surface area contributed by atoms with Gasteiger partial charge in [0.25, 0.3) is 0 Å². The Labute approximate surface area is 413 Å². The van der Waals surface area contributed by atoms with Gasteiger partial charge in [0.2, 0.25) is 6.29 Å². The second kappa shape index (κ2) is 23.6. The van der Waals surface area contributed by atoms with Crippen LogP contribution in [0.25, 0.3) is 22.3 Å². The van der Waals surface area contributed by atoms with E-state index in [2.05, 4.69) is 0 Å². The first-order chi connectivity index (χ1) is 34.6. The lowest BCUT2D eigenvalue weighted by atomic mass is 9.96. The van der Waals surface area contributed by atoms with Crippen LogP contribution in [0.2, 0.25) is 0 Å². The highest BCUT2D eigenvalue weighted by Gasteiger charge is 2.56. The van der Waals surface area contributed by atoms with E-state index < -0.39 is 172 Å². The standard InChI is InChI=1S/C46H58O27/c1-16-38(64-17(2)49)37(60)41(66-19(4)51)44(63-16)62-15-29-33(56)39(65-18(3)50)42(73-45-40(35(58)32(55)28(14-48)70-45)72-43-36(59)34(57)31(54)27(13-47)69-43)46(71-29)67-22-10-23(52)30-24(53)12-25(68-26(30)11-22)20-6-8-21(61-5)9-7-20/h6-12,16,27-29,31-48,52,54-60H,13-15H2,1-5H3. The molecule has 27 nitrogen and oxygen atoms in total. The van der Waals surface area contributed by atoms with Crippen LogP contribution >= 0.6 is 0 Å². The smallest absolute Gasteiger partial charge is 0.303 e. The average molecular weight is 1040 g/mol. The zero-order chi connectivity index (χ0) is 53.2. The number of hydrogen-bond acceptors (Lipinski definition) is 27. The molecular weight excluding hydrogens is 984 g/mol. The lowest BCUT2D eigenvalue weighted by Gasteiger charge is -2.49. The van der Waals surface area contributed by atoms with Crippen LogP contribution in [-0.4, -0.2) is 219 Å². The fourth-order valence-electron chi connectivity index (χ4n) is 8.73. The second-order valence-corrected chi connectivity index (χ2v) is 17.5. The predicted octanol–water partition coefficient (Wildman–Crippen LogP) is -3.43. The van der Waals surface area contributed by atoms with Gasteiger partial charge in [-0.15, -0.1) is 0 Å². The van der Waals surface area contributed by atoms with Crippen LogP contribution in [0.1, 0.15) is 27.7 Å². The first-order valence-electron chi connectivity index (χ1n) is 22.8. The minimum atomic E-state index is -2.11. The summed E-state index contributed by atoms with van der Waals surface area (Å²) in [5.74, 6) is -3.18. The van der Waals surface area contributed by atoms with Gasteiger partial charge in [-0.05, 0) is 31.2 Å². The summed E-state index contributed by atoms with van der Waals surface area (Å²) >= 11 is 0. The molecule has 7 rings (SSSR count). The number of benzene rings is 2. The number of aliphatic hydroxyl groups excluding tert-OH is 9. The van der Waals surface area contributed by atoms with Gasteiger partial charge in [0.1, 0.15) is 101 Å². The van der Waals surface area contributed by atoms with Gasteiger partial charge in [-0.25, -0.2) is 0 Å². The van der Waals surface area contributed by atoms with Crippen LogP contribution in [0.5, 0.6) is 17.2 Å². The molecule has 20 unspecified atom stereocenters. The average Bonchev–Trinajstić information content (AvgIpc) is 3.34. The highest BCUT2D eigenvalue weighted by Crippen LogP contribution is 2.38. The molecule has 0 bridgehead atoms. The van der Waals surface area contributed by atoms with Crippen molar-refractivity contribution in [3.63, 3.8) is 0 Å². The normalized spacial score (nSPS) is 36.7. The van der Waals surface area contributed by atoms with Gasteiger partial charge in [-0.3, -0.25) is 19.2 Å². The molecule has 0 spiro atoms. The molecule has 1 aromatic heterocycles. The molecule has 20 atom stereocenters. The zero-order valence-corrected chi connectivity index (χ0v) is 39.6. The molecule has 4 aliphatic heterocycles. The molecule has 3 aromatic rings. The van der Waals surface area contributed by atoms with Gasteiger partial charge in [0.05, 0.1) is 33.0 Å². The Bertz CT molecular complexity index is 2430. The number of phenolic OH excluding ortho intramolecular Hbond substituents is 1. The monoisotopic (exact) mass is 1040 g/mol. The fraction of sp³-hybridized carbons (Fsp3) is 0.609. The minimum Gasteiger partial charge on any atom is -0.507 e.